The van der Waals surface area contributed by atoms with Crippen molar-refractivity contribution in [3.05, 3.63) is 47.6 Å². The van der Waals surface area contributed by atoms with Crippen LogP contribution in [0.4, 0.5) is 0 Å². The first-order valence-corrected chi connectivity index (χ1v) is 13.6. The Kier molecular flexibility index (Phi) is 8.36. The Morgan fingerprint density at radius 2 is 1.73 bits per heavy atom. The van der Waals surface area contributed by atoms with Gasteiger partial charge in [0.25, 0.3) is 0 Å². The normalized spacial score (nSPS) is 35.7. The first kappa shape index (κ1) is 29.4. The molecule has 0 spiro atoms. The lowest BCUT2D eigenvalue weighted by atomic mass is 9.48. The summed E-state index contributed by atoms with van der Waals surface area (Å²) in [6.45, 7) is 18.6. The van der Waals surface area contributed by atoms with Crippen LogP contribution in [0.2, 0.25) is 0 Å². The van der Waals surface area contributed by atoms with Crippen molar-refractivity contribution in [2.75, 3.05) is 6.61 Å². The van der Waals surface area contributed by atoms with Crippen LogP contribution in [0.15, 0.2) is 47.6 Å². The molecule has 0 aromatic heterocycles. The molecule has 0 bridgehead atoms. The van der Waals surface area contributed by atoms with E-state index in [0.717, 1.165) is 16.7 Å². The van der Waals surface area contributed by atoms with E-state index < -0.39 is 46.1 Å². The molecule has 7 atom stereocenters. The standard InChI is InChI=1S/C31H46O6/c1-18(2)19(3)8-9-21(28(36)37)27-25(33)16-31(7)24-11-10-22(20(4)17-32)29(5,14-13-26(34)35)23(24)12-15-30(27,31)6/h11-12,18,21-22,25,27,32-33H,3-4,8-10,13-17H2,1-2,5-7H3,(H,34,35)(H,36,37)/t21-,22+,25-,27+,29+,30-,31+/m1/s1. The van der Waals surface area contributed by atoms with Crippen molar-refractivity contribution >= 4 is 11.9 Å². The fourth-order valence-corrected chi connectivity index (χ4v) is 7.83. The maximum atomic E-state index is 12.6. The van der Waals surface area contributed by atoms with Gasteiger partial charge in [0.2, 0.25) is 0 Å². The van der Waals surface area contributed by atoms with Crippen LogP contribution in [0, 0.1) is 39.9 Å². The fraction of sp³-hybridized carbons (Fsp3) is 0.677. The fourth-order valence-electron chi connectivity index (χ4n) is 7.83. The lowest BCUT2D eigenvalue weighted by molar-refractivity contribution is -0.148. The third-order valence-electron chi connectivity index (χ3n) is 10.5. The van der Waals surface area contributed by atoms with Gasteiger partial charge in [0.1, 0.15) is 0 Å². The summed E-state index contributed by atoms with van der Waals surface area (Å²) in [6, 6.07) is 0. The Morgan fingerprint density at radius 3 is 2.27 bits per heavy atom. The molecule has 3 rings (SSSR count). The second-order valence-electron chi connectivity index (χ2n) is 12.7. The minimum Gasteiger partial charge on any atom is -0.481 e. The van der Waals surface area contributed by atoms with Gasteiger partial charge in [-0.3, -0.25) is 9.59 Å². The quantitative estimate of drug-likeness (QED) is 0.260. The summed E-state index contributed by atoms with van der Waals surface area (Å²) in [7, 11) is 0. The summed E-state index contributed by atoms with van der Waals surface area (Å²) in [4.78, 5) is 24.1. The predicted molar refractivity (Wildman–Crippen MR) is 145 cm³/mol. The molecule has 206 valence electrons. The summed E-state index contributed by atoms with van der Waals surface area (Å²) < 4.78 is 0. The van der Waals surface area contributed by atoms with Gasteiger partial charge in [-0.15, -0.1) is 0 Å². The van der Waals surface area contributed by atoms with Crippen LogP contribution in [0.5, 0.6) is 0 Å². The van der Waals surface area contributed by atoms with Crippen LogP contribution >= 0.6 is 0 Å². The number of hydrogen-bond acceptors (Lipinski definition) is 4. The summed E-state index contributed by atoms with van der Waals surface area (Å²) in [6.07, 6.45) is 6.79. The molecule has 0 aliphatic heterocycles. The molecule has 6 heteroatoms. The summed E-state index contributed by atoms with van der Waals surface area (Å²) in [5.74, 6) is -2.64. The summed E-state index contributed by atoms with van der Waals surface area (Å²) in [5.41, 5.74) is 2.45. The molecule has 0 aromatic rings. The van der Waals surface area contributed by atoms with Gasteiger partial charge in [-0.05, 0) is 77.9 Å². The Morgan fingerprint density at radius 1 is 1.08 bits per heavy atom. The number of carboxylic acid groups (broad SMARTS) is 2. The zero-order valence-electron chi connectivity index (χ0n) is 23.2. The second kappa shape index (κ2) is 10.5. The molecular weight excluding hydrogens is 468 g/mol. The third kappa shape index (κ3) is 4.87. The lowest BCUT2D eigenvalue weighted by Crippen LogP contribution is -2.49. The van der Waals surface area contributed by atoms with E-state index in [1.165, 1.54) is 0 Å². The van der Waals surface area contributed by atoms with E-state index in [-0.39, 0.29) is 24.9 Å². The molecule has 0 saturated heterocycles. The highest BCUT2D eigenvalue weighted by molar-refractivity contribution is 5.71. The van der Waals surface area contributed by atoms with Crippen molar-refractivity contribution in [2.24, 2.45) is 39.9 Å². The maximum absolute atomic E-state index is 12.6. The molecule has 0 unspecified atom stereocenters. The largest absolute Gasteiger partial charge is 0.481 e. The molecule has 0 radical (unpaired) electrons. The number of aliphatic hydroxyl groups excluding tert-OH is 2. The number of aliphatic carboxylic acids is 2. The lowest BCUT2D eigenvalue weighted by Gasteiger charge is -2.56. The Bertz CT molecular complexity index is 1020. The van der Waals surface area contributed by atoms with Crippen molar-refractivity contribution in [3.63, 3.8) is 0 Å². The molecule has 1 saturated carbocycles. The number of rotatable bonds is 11. The zero-order valence-corrected chi connectivity index (χ0v) is 23.2. The number of carbonyl (C=O) groups is 2. The molecule has 0 amide bonds. The van der Waals surface area contributed by atoms with Gasteiger partial charge < -0.3 is 20.4 Å². The number of fused-ring (bicyclic) bond motifs is 3. The average Bonchev–Trinajstić information content (AvgIpc) is 3.03. The molecule has 0 heterocycles. The molecule has 0 aromatic carbocycles. The minimum absolute atomic E-state index is 0.0103. The van der Waals surface area contributed by atoms with E-state index in [1.54, 1.807) is 0 Å². The van der Waals surface area contributed by atoms with E-state index in [0.29, 0.717) is 44.1 Å². The van der Waals surface area contributed by atoms with E-state index in [2.05, 4.69) is 59.9 Å². The van der Waals surface area contributed by atoms with Gasteiger partial charge in [0.05, 0.1) is 18.6 Å². The van der Waals surface area contributed by atoms with Crippen molar-refractivity contribution in [1.82, 2.24) is 0 Å². The molecular formula is C31H46O6. The van der Waals surface area contributed by atoms with Crippen LogP contribution in [0.1, 0.15) is 79.6 Å². The van der Waals surface area contributed by atoms with E-state index in [4.69, 9.17) is 0 Å². The zero-order chi connectivity index (χ0) is 27.9. The van der Waals surface area contributed by atoms with Gasteiger partial charge in [0.15, 0.2) is 0 Å². The van der Waals surface area contributed by atoms with Crippen molar-refractivity contribution < 1.29 is 30.0 Å². The maximum Gasteiger partial charge on any atom is 0.306 e. The first-order valence-electron chi connectivity index (χ1n) is 13.6. The monoisotopic (exact) mass is 514 g/mol. The van der Waals surface area contributed by atoms with Crippen molar-refractivity contribution in [2.45, 2.75) is 85.7 Å². The smallest absolute Gasteiger partial charge is 0.306 e. The van der Waals surface area contributed by atoms with E-state index in [9.17, 15) is 30.0 Å². The minimum atomic E-state index is -0.871. The molecule has 3 aliphatic rings. The number of carboxylic acids is 2. The van der Waals surface area contributed by atoms with E-state index >= 15 is 0 Å². The van der Waals surface area contributed by atoms with Gasteiger partial charge >= 0.3 is 11.9 Å². The van der Waals surface area contributed by atoms with Crippen molar-refractivity contribution in [1.29, 1.82) is 0 Å². The van der Waals surface area contributed by atoms with Gasteiger partial charge in [-0.25, -0.2) is 0 Å². The Hall–Kier alpha value is -2.18. The SMILES string of the molecule is C=C(CC[C@@H](C(=O)O)[C@H]1[C@H](O)C[C@@]2(C)C3=CC[C@@H](C(=C)CO)[C@](C)(CCC(=O)O)C3=CC[C@]12C)C(C)C. The molecule has 4 N–H and O–H groups in total. The number of aliphatic hydroxyl groups is 2. The van der Waals surface area contributed by atoms with Crippen molar-refractivity contribution in [3.8, 4) is 0 Å². The first-order chi connectivity index (χ1) is 17.1. The topological polar surface area (TPSA) is 115 Å². The Labute approximate surface area is 221 Å². The molecule has 1 fully saturated rings. The second-order valence-corrected chi connectivity index (χ2v) is 12.7. The van der Waals surface area contributed by atoms with Crippen LogP contribution < -0.4 is 0 Å². The van der Waals surface area contributed by atoms with Gasteiger partial charge in [-0.2, -0.15) is 0 Å². The van der Waals surface area contributed by atoms with Crippen LogP contribution in [-0.2, 0) is 9.59 Å². The third-order valence-corrected chi connectivity index (χ3v) is 10.5. The van der Waals surface area contributed by atoms with E-state index in [1.807, 2.05) is 0 Å². The molecule has 37 heavy (non-hydrogen) atoms. The summed E-state index contributed by atoms with van der Waals surface area (Å²) >= 11 is 0. The highest BCUT2D eigenvalue weighted by atomic mass is 16.4. The van der Waals surface area contributed by atoms with Crippen LogP contribution in [0.3, 0.4) is 0 Å². The highest BCUT2D eigenvalue weighted by Crippen LogP contribution is 2.70. The highest BCUT2D eigenvalue weighted by Gasteiger charge is 2.65. The summed E-state index contributed by atoms with van der Waals surface area (Å²) in [5, 5.41) is 41.1. The van der Waals surface area contributed by atoms with Crippen LogP contribution in [-0.4, -0.2) is 45.1 Å². The molecule has 3 aliphatic carbocycles. The predicted octanol–water partition coefficient (Wildman–Crippen LogP) is 5.77. The van der Waals surface area contributed by atoms with Crippen LogP contribution in [0.25, 0.3) is 0 Å². The van der Waals surface area contributed by atoms with Gasteiger partial charge in [0, 0.05) is 17.8 Å². The number of allylic oxidation sites excluding steroid dienone is 5. The number of hydrogen-bond donors (Lipinski definition) is 4. The molecule has 6 nitrogen and oxygen atoms in total. The Balaban J connectivity index is 2.06. The average molecular weight is 515 g/mol. The van der Waals surface area contributed by atoms with Gasteiger partial charge in [-0.1, -0.05) is 65.5 Å².